The quantitative estimate of drug-likeness (QED) is 0.295. The van der Waals surface area contributed by atoms with E-state index in [1.165, 1.54) is 42.3 Å². The van der Waals surface area contributed by atoms with E-state index < -0.39 is 0 Å². The van der Waals surface area contributed by atoms with Crippen molar-refractivity contribution in [1.29, 1.82) is 0 Å². The van der Waals surface area contributed by atoms with Crippen LogP contribution < -0.4 is 0 Å². The molecule has 0 aliphatic heterocycles. The van der Waals surface area contributed by atoms with E-state index in [0.717, 1.165) is 11.0 Å². The van der Waals surface area contributed by atoms with Crippen LogP contribution in [0, 0.1) is 0 Å². The van der Waals surface area contributed by atoms with Crippen molar-refractivity contribution in [3.8, 4) is 5.69 Å². The first kappa shape index (κ1) is 16.8. The first-order chi connectivity index (χ1) is 14.2. The SMILES string of the molecule is CC(C)c1ccc(-n2c3cccnc3c3c4sc5ccccc5c4ccc32)cc1. The topological polar surface area (TPSA) is 17.8 Å². The normalized spacial score (nSPS) is 12.1. The van der Waals surface area contributed by atoms with Crippen LogP contribution in [0.3, 0.4) is 0 Å². The molecule has 0 N–H and O–H groups in total. The van der Waals surface area contributed by atoms with Gasteiger partial charge in [0.25, 0.3) is 0 Å². The highest BCUT2D eigenvalue weighted by Gasteiger charge is 2.18. The highest BCUT2D eigenvalue weighted by atomic mass is 32.1. The molecule has 29 heavy (non-hydrogen) atoms. The molecule has 0 atom stereocenters. The molecule has 6 aromatic rings. The van der Waals surface area contributed by atoms with Crippen LogP contribution in [-0.2, 0) is 0 Å². The van der Waals surface area contributed by atoms with Gasteiger partial charge in [0.05, 0.1) is 16.6 Å². The van der Waals surface area contributed by atoms with Gasteiger partial charge in [-0.1, -0.05) is 50.2 Å². The summed E-state index contributed by atoms with van der Waals surface area (Å²) in [5, 5.41) is 3.90. The van der Waals surface area contributed by atoms with Crippen molar-refractivity contribution in [3.63, 3.8) is 0 Å². The largest absolute Gasteiger partial charge is 0.308 e. The van der Waals surface area contributed by atoms with Gasteiger partial charge in [-0.15, -0.1) is 11.3 Å². The molecule has 0 spiro atoms. The van der Waals surface area contributed by atoms with Gasteiger partial charge >= 0.3 is 0 Å². The maximum absolute atomic E-state index is 4.81. The Morgan fingerprint density at radius 3 is 2.45 bits per heavy atom. The van der Waals surface area contributed by atoms with Crippen molar-refractivity contribution in [2.45, 2.75) is 19.8 Å². The summed E-state index contributed by atoms with van der Waals surface area (Å²) < 4.78 is 5.00. The van der Waals surface area contributed by atoms with Crippen molar-refractivity contribution in [2.24, 2.45) is 0 Å². The maximum atomic E-state index is 4.81. The summed E-state index contributed by atoms with van der Waals surface area (Å²) in [6.07, 6.45) is 1.90. The lowest BCUT2D eigenvalue weighted by Crippen LogP contribution is -1.95. The summed E-state index contributed by atoms with van der Waals surface area (Å²) in [6, 6.07) is 26.4. The van der Waals surface area contributed by atoms with Gasteiger partial charge in [-0.3, -0.25) is 4.98 Å². The van der Waals surface area contributed by atoms with Gasteiger partial charge in [-0.2, -0.15) is 0 Å². The summed E-state index contributed by atoms with van der Waals surface area (Å²) in [6.45, 7) is 4.47. The minimum absolute atomic E-state index is 0.530. The molecule has 3 aromatic carbocycles. The Morgan fingerprint density at radius 2 is 1.62 bits per heavy atom. The summed E-state index contributed by atoms with van der Waals surface area (Å²) >= 11 is 1.87. The van der Waals surface area contributed by atoms with Crippen LogP contribution in [0.5, 0.6) is 0 Å². The molecule has 3 aromatic heterocycles. The molecule has 3 heteroatoms. The van der Waals surface area contributed by atoms with Crippen LogP contribution in [-0.4, -0.2) is 9.55 Å². The van der Waals surface area contributed by atoms with Gasteiger partial charge < -0.3 is 4.57 Å². The van der Waals surface area contributed by atoms with E-state index in [4.69, 9.17) is 4.98 Å². The Labute approximate surface area is 173 Å². The molecule has 140 valence electrons. The van der Waals surface area contributed by atoms with Crippen LogP contribution in [0.4, 0.5) is 0 Å². The van der Waals surface area contributed by atoms with Gasteiger partial charge in [-0.05, 0) is 47.9 Å². The fourth-order valence-corrected chi connectivity index (χ4v) is 5.63. The second-order valence-electron chi connectivity index (χ2n) is 7.89. The zero-order valence-corrected chi connectivity index (χ0v) is 17.2. The number of hydrogen-bond donors (Lipinski definition) is 0. The summed E-state index contributed by atoms with van der Waals surface area (Å²) in [4.78, 5) is 4.81. The molecule has 0 aliphatic carbocycles. The number of rotatable bonds is 2. The highest BCUT2D eigenvalue weighted by molar-refractivity contribution is 7.26. The zero-order valence-electron chi connectivity index (χ0n) is 16.4. The highest BCUT2D eigenvalue weighted by Crippen LogP contribution is 2.42. The second kappa shape index (κ2) is 6.16. The minimum atomic E-state index is 0.530. The van der Waals surface area contributed by atoms with E-state index in [0.29, 0.717) is 5.92 Å². The van der Waals surface area contributed by atoms with E-state index in [1.807, 2.05) is 23.6 Å². The average Bonchev–Trinajstić information content (AvgIpc) is 3.29. The minimum Gasteiger partial charge on any atom is -0.308 e. The average molecular weight is 393 g/mol. The lowest BCUT2D eigenvalue weighted by atomic mass is 10.0. The summed E-state index contributed by atoms with van der Waals surface area (Å²) in [5.74, 6) is 0.530. The molecule has 3 heterocycles. The molecule has 2 nitrogen and oxygen atoms in total. The Bertz CT molecular complexity index is 1520. The fourth-order valence-electron chi connectivity index (χ4n) is 4.38. The number of nitrogens with zero attached hydrogens (tertiary/aromatic N) is 2. The van der Waals surface area contributed by atoms with E-state index >= 15 is 0 Å². The molecule has 0 radical (unpaired) electrons. The van der Waals surface area contributed by atoms with E-state index in [1.54, 1.807) is 0 Å². The van der Waals surface area contributed by atoms with Gasteiger partial charge in [-0.25, -0.2) is 0 Å². The molecule has 0 saturated carbocycles. The molecule has 6 rings (SSSR count). The molecule has 0 aliphatic rings. The molecule has 0 bridgehead atoms. The monoisotopic (exact) mass is 392 g/mol. The number of hydrogen-bond acceptors (Lipinski definition) is 2. The Kier molecular flexibility index (Phi) is 3.56. The van der Waals surface area contributed by atoms with Gasteiger partial charge in [0.1, 0.15) is 0 Å². The first-order valence-corrected chi connectivity index (χ1v) is 10.8. The number of pyridine rings is 1. The van der Waals surface area contributed by atoms with Gasteiger partial charge in [0.2, 0.25) is 0 Å². The van der Waals surface area contributed by atoms with Crippen LogP contribution in [0.25, 0.3) is 47.8 Å². The summed E-state index contributed by atoms with van der Waals surface area (Å²) in [7, 11) is 0. The van der Waals surface area contributed by atoms with Crippen molar-refractivity contribution >= 4 is 53.4 Å². The third kappa shape index (κ3) is 2.37. The van der Waals surface area contributed by atoms with Crippen molar-refractivity contribution < 1.29 is 0 Å². The van der Waals surface area contributed by atoms with Crippen LogP contribution in [0.1, 0.15) is 25.3 Å². The zero-order chi connectivity index (χ0) is 19.5. The molecule has 0 unspecified atom stereocenters. The number of fused-ring (bicyclic) bond motifs is 7. The third-order valence-electron chi connectivity index (χ3n) is 5.85. The van der Waals surface area contributed by atoms with Gasteiger partial charge in [0, 0.05) is 37.4 Å². The van der Waals surface area contributed by atoms with Crippen molar-refractivity contribution in [2.75, 3.05) is 0 Å². The van der Waals surface area contributed by atoms with E-state index in [9.17, 15) is 0 Å². The lowest BCUT2D eigenvalue weighted by molar-refractivity contribution is 0.866. The standard InChI is InChI=1S/C26H20N2S/c1-16(2)17-9-11-18(12-10-17)28-21-14-13-20-19-6-3-4-8-23(19)29-26(20)24(21)25-22(28)7-5-15-27-25/h3-16H,1-2H3. The Hall–Kier alpha value is -3.17. The number of aromatic nitrogens is 2. The fraction of sp³-hybridized carbons (Fsp3) is 0.115. The van der Waals surface area contributed by atoms with Crippen molar-refractivity contribution in [1.82, 2.24) is 9.55 Å². The van der Waals surface area contributed by atoms with Crippen molar-refractivity contribution in [3.05, 3.63) is 84.6 Å². The van der Waals surface area contributed by atoms with E-state index in [-0.39, 0.29) is 0 Å². The molecular weight excluding hydrogens is 372 g/mol. The van der Waals surface area contributed by atoms with Crippen LogP contribution >= 0.6 is 11.3 Å². The summed E-state index contributed by atoms with van der Waals surface area (Å²) in [5.41, 5.74) is 6.00. The molecule has 0 saturated heterocycles. The van der Waals surface area contributed by atoms with Crippen LogP contribution in [0.15, 0.2) is 79.0 Å². The Morgan fingerprint density at radius 1 is 0.793 bits per heavy atom. The first-order valence-electron chi connectivity index (χ1n) is 10.0. The predicted octanol–water partition coefficient (Wildman–Crippen LogP) is 7.67. The smallest absolute Gasteiger partial charge is 0.0977 e. The molecular formula is C26H20N2S. The molecule has 0 amide bonds. The number of benzene rings is 3. The lowest BCUT2D eigenvalue weighted by Gasteiger charge is -2.10. The third-order valence-corrected chi connectivity index (χ3v) is 7.05. The Balaban J connectivity index is 1.75. The van der Waals surface area contributed by atoms with Crippen LogP contribution in [0.2, 0.25) is 0 Å². The maximum Gasteiger partial charge on any atom is 0.0977 e. The second-order valence-corrected chi connectivity index (χ2v) is 8.94. The van der Waals surface area contributed by atoms with E-state index in [2.05, 4.69) is 85.1 Å². The predicted molar refractivity (Wildman–Crippen MR) is 126 cm³/mol. The van der Waals surface area contributed by atoms with Gasteiger partial charge in [0.15, 0.2) is 0 Å². The molecule has 0 fully saturated rings. The number of thiophene rings is 1.